The number of amides is 2. The molecule has 0 unspecified atom stereocenters. The lowest BCUT2D eigenvalue weighted by Gasteiger charge is -2.37. The minimum absolute atomic E-state index is 0.0662. The number of morpholine rings is 1. The van der Waals surface area contributed by atoms with Crippen LogP contribution in [0, 0.1) is 0 Å². The third-order valence-electron chi connectivity index (χ3n) is 4.90. The van der Waals surface area contributed by atoms with Crippen LogP contribution in [0.1, 0.15) is 27.7 Å². The van der Waals surface area contributed by atoms with E-state index in [-0.39, 0.29) is 24.9 Å². The van der Waals surface area contributed by atoms with Crippen LogP contribution in [0.3, 0.4) is 0 Å². The molecule has 36 heavy (non-hydrogen) atoms. The van der Waals surface area contributed by atoms with Gasteiger partial charge in [-0.2, -0.15) is 4.37 Å². The normalized spacial score (nSPS) is 14.5. The second kappa shape index (κ2) is 14.1. The van der Waals surface area contributed by atoms with E-state index in [1.807, 2.05) is 4.90 Å². The highest BCUT2D eigenvalue weighted by atomic mass is 35.5. The van der Waals surface area contributed by atoms with E-state index in [1.54, 1.807) is 20.8 Å². The Morgan fingerprint density at radius 2 is 1.92 bits per heavy atom. The molecule has 1 aromatic heterocycles. The van der Waals surface area contributed by atoms with Gasteiger partial charge >= 0.3 is 11.9 Å². The lowest BCUT2D eigenvalue weighted by molar-refractivity contribution is -0.159. The van der Waals surface area contributed by atoms with Crippen LogP contribution in [0.25, 0.3) is 0 Å². The molecule has 1 atom stereocenters. The second-order valence-corrected chi connectivity index (χ2v) is 9.58. The number of anilines is 1. The predicted molar refractivity (Wildman–Crippen MR) is 130 cm³/mol. The number of nitrogens with one attached hydrogen (secondary N) is 1. The molecule has 0 saturated carbocycles. The zero-order chi connectivity index (χ0) is 26.7. The number of halogens is 1. The Morgan fingerprint density at radius 3 is 2.53 bits per heavy atom. The van der Waals surface area contributed by atoms with Gasteiger partial charge < -0.3 is 34.1 Å². The van der Waals surface area contributed by atoms with Crippen molar-refractivity contribution >= 4 is 52.9 Å². The molecule has 0 bridgehead atoms. The third-order valence-corrected chi connectivity index (χ3v) is 5.65. The Labute approximate surface area is 218 Å². The molecule has 13 nitrogen and oxygen atoms in total. The van der Waals surface area contributed by atoms with Crippen LogP contribution in [-0.4, -0.2) is 108 Å². The third kappa shape index (κ3) is 9.74. The van der Waals surface area contributed by atoms with Gasteiger partial charge in [-0.1, -0.05) is 0 Å². The van der Waals surface area contributed by atoms with Crippen LogP contribution < -0.4 is 15.0 Å². The summed E-state index contributed by atoms with van der Waals surface area (Å²) in [6.07, 6.45) is -0.940. The van der Waals surface area contributed by atoms with Crippen LogP contribution in [0.15, 0.2) is 0 Å². The SMILES string of the molecule is CC(=O)OCC(=O)N(C[C@@H](COc1nsnc1N1CCOCC1)OC(=O)CNC(=O)CCl)C(C)(C)C. The zero-order valence-electron chi connectivity index (χ0n) is 20.8. The van der Waals surface area contributed by atoms with Gasteiger partial charge in [0.1, 0.15) is 19.0 Å². The summed E-state index contributed by atoms with van der Waals surface area (Å²) in [7, 11) is 0. The van der Waals surface area contributed by atoms with Crippen molar-refractivity contribution in [3.63, 3.8) is 0 Å². The predicted octanol–water partition coefficient (Wildman–Crippen LogP) is 0.211. The minimum atomic E-state index is -0.940. The summed E-state index contributed by atoms with van der Waals surface area (Å²) in [6, 6.07) is 0. The van der Waals surface area contributed by atoms with E-state index in [9.17, 15) is 19.2 Å². The largest absolute Gasteiger partial charge is 0.470 e. The number of carbonyl (C=O) groups is 4. The molecular weight excluding hydrogens is 518 g/mol. The van der Waals surface area contributed by atoms with Gasteiger partial charge in [0.2, 0.25) is 11.7 Å². The van der Waals surface area contributed by atoms with Gasteiger partial charge in [-0.05, 0) is 20.8 Å². The topological polar surface area (TPSA) is 149 Å². The average Bonchev–Trinajstić information content (AvgIpc) is 3.31. The molecule has 2 amide bonds. The standard InChI is InChI=1S/C21H32ClN5O8S/c1-14(28)33-13-17(30)27(21(2,3)4)11-15(35-18(31)10-23-16(29)9-22)12-34-20-19(24-36-25-20)26-5-7-32-8-6-26/h15H,5-13H2,1-4H3,(H,23,29)/t15-/m0/s1. The van der Waals surface area contributed by atoms with Gasteiger partial charge in [-0.15, -0.1) is 16.0 Å². The summed E-state index contributed by atoms with van der Waals surface area (Å²) in [4.78, 5) is 51.2. The maximum atomic E-state index is 12.8. The van der Waals surface area contributed by atoms with E-state index >= 15 is 0 Å². The number of ether oxygens (including phenoxy) is 4. The summed E-state index contributed by atoms with van der Waals surface area (Å²) >= 11 is 6.43. The van der Waals surface area contributed by atoms with E-state index in [0.29, 0.717) is 32.1 Å². The molecule has 0 spiro atoms. The van der Waals surface area contributed by atoms with Crippen molar-refractivity contribution in [2.24, 2.45) is 0 Å². The van der Waals surface area contributed by atoms with Crippen LogP contribution in [0.5, 0.6) is 5.88 Å². The molecule has 2 rings (SSSR count). The molecule has 1 N–H and O–H groups in total. The fourth-order valence-corrected chi connectivity index (χ4v) is 3.79. The first-order valence-electron chi connectivity index (χ1n) is 11.2. The molecule has 202 valence electrons. The number of rotatable bonds is 12. The van der Waals surface area contributed by atoms with Crippen molar-refractivity contribution in [3.05, 3.63) is 0 Å². The summed E-state index contributed by atoms with van der Waals surface area (Å²) in [6.45, 7) is 7.86. The van der Waals surface area contributed by atoms with Crippen molar-refractivity contribution in [2.45, 2.75) is 39.3 Å². The maximum absolute atomic E-state index is 12.8. The highest BCUT2D eigenvalue weighted by Crippen LogP contribution is 2.27. The molecular formula is C21H32ClN5O8S. The van der Waals surface area contributed by atoms with Crippen LogP contribution in [-0.2, 0) is 33.4 Å². The minimum Gasteiger partial charge on any atom is -0.470 e. The Morgan fingerprint density at radius 1 is 1.22 bits per heavy atom. The fraction of sp³-hybridized carbons (Fsp3) is 0.714. The fourth-order valence-electron chi connectivity index (χ4n) is 3.17. The summed E-state index contributed by atoms with van der Waals surface area (Å²) in [5.74, 6) is -1.81. The number of nitrogens with zero attached hydrogens (tertiary/aromatic N) is 4. The molecule has 1 aromatic rings. The summed E-state index contributed by atoms with van der Waals surface area (Å²) in [5.41, 5.74) is -0.699. The van der Waals surface area contributed by atoms with Gasteiger partial charge in [-0.25, -0.2) is 0 Å². The number of esters is 2. The van der Waals surface area contributed by atoms with Crippen LogP contribution in [0.4, 0.5) is 5.82 Å². The first-order valence-corrected chi connectivity index (χ1v) is 12.5. The monoisotopic (exact) mass is 549 g/mol. The molecule has 0 aromatic carbocycles. The first kappa shape index (κ1) is 29.5. The van der Waals surface area contributed by atoms with E-state index in [0.717, 1.165) is 11.7 Å². The van der Waals surface area contributed by atoms with Gasteiger partial charge in [0.05, 0.1) is 31.5 Å². The van der Waals surface area contributed by atoms with Crippen molar-refractivity contribution in [3.8, 4) is 5.88 Å². The van der Waals surface area contributed by atoms with Crippen molar-refractivity contribution < 1.29 is 38.1 Å². The van der Waals surface area contributed by atoms with E-state index in [1.165, 1.54) is 11.8 Å². The van der Waals surface area contributed by atoms with Gasteiger partial charge in [0, 0.05) is 25.6 Å². The van der Waals surface area contributed by atoms with Crippen molar-refractivity contribution in [2.75, 3.05) is 63.4 Å². The Bertz CT molecular complexity index is 903. The average molecular weight is 550 g/mol. The highest BCUT2D eigenvalue weighted by Gasteiger charge is 2.32. The molecule has 0 radical (unpaired) electrons. The first-order chi connectivity index (χ1) is 17.0. The van der Waals surface area contributed by atoms with E-state index in [2.05, 4.69) is 14.1 Å². The van der Waals surface area contributed by atoms with E-state index < -0.39 is 48.5 Å². The number of carbonyl (C=O) groups excluding carboxylic acids is 4. The van der Waals surface area contributed by atoms with Gasteiger partial charge in [0.25, 0.3) is 11.8 Å². The molecule has 1 saturated heterocycles. The Balaban J connectivity index is 2.15. The number of alkyl halides is 1. The van der Waals surface area contributed by atoms with Crippen molar-refractivity contribution in [1.29, 1.82) is 0 Å². The lowest BCUT2D eigenvalue weighted by atomic mass is 10.1. The van der Waals surface area contributed by atoms with E-state index in [4.69, 9.17) is 30.5 Å². The number of aromatic nitrogens is 2. The Hall–Kier alpha value is -2.71. The second-order valence-electron chi connectivity index (χ2n) is 8.78. The summed E-state index contributed by atoms with van der Waals surface area (Å²) in [5, 5.41) is 2.33. The molecule has 1 aliphatic heterocycles. The molecule has 1 fully saturated rings. The Kier molecular flexibility index (Phi) is 11.6. The number of hydrogen-bond acceptors (Lipinski definition) is 12. The molecule has 0 aliphatic carbocycles. The molecule has 2 heterocycles. The van der Waals surface area contributed by atoms with Gasteiger partial charge in [0.15, 0.2) is 12.7 Å². The van der Waals surface area contributed by atoms with Crippen molar-refractivity contribution in [1.82, 2.24) is 19.0 Å². The zero-order valence-corrected chi connectivity index (χ0v) is 22.4. The quantitative estimate of drug-likeness (QED) is 0.281. The summed E-state index contributed by atoms with van der Waals surface area (Å²) < 4.78 is 30.1. The smallest absolute Gasteiger partial charge is 0.325 e. The highest BCUT2D eigenvalue weighted by molar-refractivity contribution is 6.99. The lowest BCUT2D eigenvalue weighted by Crippen LogP contribution is -2.52. The van der Waals surface area contributed by atoms with Gasteiger partial charge in [-0.3, -0.25) is 19.2 Å². The molecule has 15 heteroatoms. The number of hydrogen-bond donors (Lipinski definition) is 1. The maximum Gasteiger partial charge on any atom is 0.325 e. The van der Waals surface area contributed by atoms with Crippen LogP contribution >= 0.6 is 23.3 Å². The van der Waals surface area contributed by atoms with Crippen LogP contribution in [0.2, 0.25) is 0 Å². The molecule has 1 aliphatic rings.